The number of benzene rings is 1. The van der Waals surface area contributed by atoms with Gasteiger partial charge in [-0.2, -0.15) is 0 Å². The number of esters is 1. The minimum atomic E-state index is -0.468. The van der Waals surface area contributed by atoms with E-state index in [0.717, 1.165) is 18.7 Å². The largest absolute Gasteiger partial charge is 0.464 e. The summed E-state index contributed by atoms with van der Waals surface area (Å²) >= 11 is 0. The van der Waals surface area contributed by atoms with Gasteiger partial charge in [0.2, 0.25) is 0 Å². The maximum absolute atomic E-state index is 11.3. The third kappa shape index (κ3) is 2.81. The number of aromatic nitrogens is 3. The van der Waals surface area contributed by atoms with Crippen molar-refractivity contribution in [3.63, 3.8) is 0 Å². The van der Waals surface area contributed by atoms with Gasteiger partial charge in [-0.15, -0.1) is 17.5 Å². The van der Waals surface area contributed by atoms with E-state index in [1.807, 2.05) is 0 Å². The van der Waals surface area contributed by atoms with Crippen molar-refractivity contribution in [3.05, 3.63) is 46.8 Å². The average molecular weight is 295 g/mol. The van der Waals surface area contributed by atoms with E-state index < -0.39 is 5.97 Å². The zero-order valence-corrected chi connectivity index (χ0v) is 11.8. The fraction of sp³-hybridized carbons (Fsp3) is 0.308. The van der Waals surface area contributed by atoms with Crippen LogP contribution in [-0.4, -0.2) is 28.1 Å². The van der Waals surface area contributed by atoms with Crippen molar-refractivity contribution in [2.45, 2.75) is 19.6 Å². The van der Waals surface area contributed by atoms with Gasteiger partial charge in [-0.1, -0.05) is 23.4 Å². The zero-order valence-electron chi connectivity index (χ0n) is 11.0. The molecule has 0 amide bonds. The summed E-state index contributed by atoms with van der Waals surface area (Å²) in [7, 11) is 1.33. The number of ether oxygens (including phenoxy) is 1. The van der Waals surface area contributed by atoms with Crippen LogP contribution in [0.5, 0.6) is 0 Å². The fourth-order valence-electron chi connectivity index (χ4n) is 2.21. The third-order valence-corrected chi connectivity index (χ3v) is 3.18. The SMILES string of the molecule is COC(=O)c1cn(Cc2ccc3c(c2)CNC3)nn1.Cl. The first kappa shape index (κ1) is 14.5. The summed E-state index contributed by atoms with van der Waals surface area (Å²) in [5.74, 6) is -0.468. The van der Waals surface area contributed by atoms with Crippen LogP contribution in [0.2, 0.25) is 0 Å². The molecule has 1 N–H and O–H groups in total. The molecule has 1 aromatic heterocycles. The van der Waals surface area contributed by atoms with E-state index >= 15 is 0 Å². The zero-order chi connectivity index (χ0) is 13.2. The second-order valence-corrected chi connectivity index (χ2v) is 4.50. The number of hydrogen-bond donors (Lipinski definition) is 1. The Kier molecular flexibility index (Phi) is 4.36. The first-order valence-corrected chi connectivity index (χ1v) is 6.06. The van der Waals surface area contributed by atoms with Crippen LogP contribution < -0.4 is 5.32 Å². The number of halogens is 1. The highest BCUT2D eigenvalue weighted by Gasteiger charge is 2.12. The number of rotatable bonds is 3. The highest BCUT2D eigenvalue weighted by atomic mass is 35.5. The summed E-state index contributed by atoms with van der Waals surface area (Å²) in [4.78, 5) is 11.3. The number of nitrogens with one attached hydrogen (secondary N) is 1. The number of carbonyl (C=O) groups excluding carboxylic acids is 1. The number of methoxy groups -OCH3 is 1. The highest BCUT2D eigenvalue weighted by Crippen LogP contribution is 2.17. The molecule has 0 aliphatic carbocycles. The van der Waals surface area contributed by atoms with Crippen LogP contribution in [0.3, 0.4) is 0 Å². The molecule has 0 saturated carbocycles. The fourth-order valence-corrected chi connectivity index (χ4v) is 2.21. The molecule has 0 fully saturated rings. The summed E-state index contributed by atoms with van der Waals surface area (Å²) in [5.41, 5.74) is 4.04. The Morgan fingerprint density at radius 2 is 2.20 bits per heavy atom. The summed E-state index contributed by atoms with van der Waals surface area (Å²) in [5, 5.41) is 11.0. The predicted octanol–water partition coefficient (Wildman–Crippen LogP) is 1.14. The van der Waals surface area contributed by atoms with E-state index in [2.05, 4.69) is 38.6 Å². The molecule has 0 radical (unpaired) electrons. The molecule has 2 aromatic rings. The monoisotopic (exact) mass is 294 g/mol. The van der Waals surface area contributed by atoms with Gasteiger partial charge in [0, 0.05) is 13.1 Å². The lowest BCUT2D eigenvalue weighted by atomic mass is 10.1. The summed E-state index contributed by atoms with van der Waals surface area (Å²) in [6.07, 6.45) is 1.59. The Hall–Kier alpha value is -1.92. The summed E-state index contributed by atoms with van der Waals surface area (Å²) < 4.78 is 6.23. The molecule has 3 rings (SSSR count). The molecular formula is C13H15ClN4O2. The van der Waals surface area contributed by atoms with E-state index in [0.29, 0.717) is 6.54 Å². The van der Waals surface area contributed by atoms with Crippen LogP contribution in [-0.2, 0) is 24.4 Å². The van der Waals surface area contributed by atoms with Crippen molar-refractivity contribution in [2.75, 3.05) is 7.11 Å². The molecule has 6 nitrogen and oxygen atoms in total. The van der Waals surface area contributed by atoms with Crippen molar-refractivity contribution in [1.82, 2.24) is 20.3 Å². The molecule has 1 aliphatic heterocycles. The van der Waals surface area contributed by atoms with Crippen LogP contribution in [0, 0.1) is 0 Å². The minimum Gasteiger partial charge on any atom is -0.464 e. The van der Waals surface area contributed by atoms with Gasteiger partial charge in [0.25, 0.3) is 0 Å². The lowest BCUT2D eigenvalue weighted by Crippen LogP contribution is -2.02. The van der Waals surface area contributed by atoms with Crippen molar-refractivity contribution < 1.29 is 9.53 Å². The second-order valence-electron chi connectivity index (χ2n) is 4.50. The van der Waals surface area contributed by atoms with Gasteiger partial charge in [-0.25, -0.2) is 9.48 Å². The molecule has 0 bridgehead atoms. The Bertz CT molecular complexity index is 627. The number of fused-ring (bicyclic) bond motifs is 1. The molecule has 7 heteroatoms. The lowest BCUT2D eigenvalue weighted by molar-refractivity contribution is 0.0594. The van der Waals surface area contributed by atoms with E-state index in [4.69, 9.17) is 0 Å². The van der Waals surface area contributed by atoms with Crippen molar-refractivity contribution >= 4 is 18.4 Å². The van der Waals surface area contributed by atoms with Gasteiger partial charge in [-0.3, -0.25) is 0 Å². The number of carbonyl (C=O) groups is 1. The molecule has 1 aliphatic rings. The molecule has 0 saturated heterocycles. The lowest BCUT2D eigenvalue weighted by Gasteiger charge is -2.04. The summed E-state index contributed by atoms with van der Waals surface area (Å²) in [6, 6.07) is 6.36. The first-order chi connectivity index (χ1) is 9.26. The van der Waals surface area contributed by atoms with Crippen LogP contribution >= 0.6 is 12.4 Å². The van der Waals surface area contributed by atoms with Gasteiger partial charge in [0.15, 0.2) is 5.69 Å². The minimum absolute atomic E-state index is 0. The Balaban J connectivity index is 0.00000147. The summed E-state index contributed by atoms with van der Waals surface area (Å²) in [6.45, 7) is 2.44. The van der Waals surface area contributed by atoms with E-state index in [-0.39, 0.29) is 18.1 Å². The van der Waals surface area contributed by atoms with Gasteiger partial charge in [0.1, 0.15) is 0 Å². The van der Waals surface area contributed by atoms with Gasteiger partial charge in [-0.05, 0) is 16.7 Å². The predicted molar refractivity (Wildman–Crippen MR) is 74.7 cm³/mol. The molecule has 106 valence electrons. The molecule has 0 unspecified atom stereocenters. The highest BCUT2D eigenvalue weighted by molar-refractivity contribution is 5.86. The van der Waals surface area contributed by atoms with Gasteiger partial charge >= 0.3 is 5.97 Å². The Morgan fingerprint density at radius 1 is 1.40 bits per heavy atom. The molecule has 0 atom stereocenters. The number of nitrogens with zero attached hydrogens (tertiary/aromatic N) is 3. The molecule has 2 heterocycles. The molecule has 1 aromatic carbocycles. The number of hydrogen-bond acceptors (Lipinski definition) is 5. The molecule has 0 spiro atoms. The molecule has 20 heavy (non-hydrogen) atoms. The second kappa shape index (κ2) is 6.02. The van der Waals surface area contributed by atoms with Crippen LogP contribution in [0.4, 0.5) is 0 Å². The first-order valence-electron chi connectivity index (χ1n) is 6.06. The Morgan fingerprint density at radius 3 is 3.00 bits per heavy atom. The maximum atomic E-state index is 11.3. The molecular weight excluding hydrogens is 280 g/mol. The van der Waals surface area contributed by atoms with E-state index in [1.54, 1.807) is 10.9 Å². The maximum Gasteiger partial charge on any atom is 0.360 e. The van der Waals surface area contributed by atoms with Gasteiger partial charge < -0.3 is 10.1 Å². The standard InChI is InChI=1S/C13H14N4O2.ClH/c1-19-13(18)12-8-17(16-15-12)7-9-2-3-10-5-14-6-11(10)4-9;/h2-4,8,14H,5-7H2,1H3;1H. The quantitative estimate of drug-likeness (QED) is 0.860. The van der Waals surface area contributed by atoms with Crippen molar-refractivity contribution in [3.8, 4) is 0 Å². The third-order valence-electron chi connectivity index (χ3n) is 3.18. The van der Waals surface area contributed by atoms with Crippen molar-refractivity contribution in [2.24, 2.45) is 0 Å². The van der Waals surface area contributed by atoms with Crippen LogP contribution in [0.15, 0.2) is 24.4 Å². The van der Waals surface area contributed by atoms with Crippen molar-refractivity contribution in [1.29, 1.82) is 0 Å². The Labute approximate surface area is 122 Å². The van der Waals surface area contributed by atoms with E-state index in [1.165, 1.54) is 18.2 Å². The average Bonchev–Trinajstić information content (AvgIpc) is 3.06. The van der Waals surface area contributed by atoms with Gasteiger partial charge in [0.05, 0.1) is 19.9 Å². The topological polar surface area (TPSA) is 69.0 Å². The normalized spacial score (nSPS) is 12.7. The van der Waals surface area contributed by atoms with Crippen LogP contribution in [0.25, 0.3) is 0 Å². The smallest absolute Gasteiger partial charge is 0.360 e. The van der Waals surface area contributed by atoms with Crippen LogP contribution in [0.1, 0.15) is 27.2 Å². The van der Waals surface area contributed by atoms with E-state index in [9.17, 15) is 4.79 Å².